The highest BCUT2D eigenvalue weighted by molar-refractivity contribution is 4.84. The molecule has 4 atom stereocenters. The monoisotopic (exact) mass is 198 g/mol. The van der Waals surface area contributed by atoms with Crippen LogP contribution in [0.1, 0.15) is 40.0 Å². The molecule has 1 saturated carbocycles. The Kier molecular flexibility index (Phi) is 4.39. The van der Waals surface area contributed by atoms with E-state index in [4.69, 9.17) is 5.73 Å². The smallest absolute Gasteiger partial charge is 0.0190 e. The standard InChI is InChI=1S/C12H26N2/c1-9-5-6-10(2)12(7-9)14(4)11(3)8-13/h9-12H,5-8,13H2,1-4H3. The third-order valence-corrected chi connectivity index (χ3v) is 3.98. The fourth-order valence-electron chi connectivity index (χ4n) is 2.56. The second-order valence-electron chi connectivity index (χ2n) is 5.21. The van der Waals surface area contributed by atoms with E-state index in [1.807, 2.05) is 0 Å². The lowest BCUT2D eigenvalue weighted by Crippen LogP contribution is -2.47. The molecular weight excluding hydrogens is 172 g/mol. The second-order valence-corrected chi connectivity index (χ2v) is 5.21. The Balaban J connectivity index is 2.55. The molecule has 2 heteroatoms. The van der Waals surface area contributed by atoms with Crippen molar-refractivity contribution in [3.63, 3.8) is 0 Å². The van der Waals surface area contributed by atoms with E-state index in [1.54, 1.807) is 0 Å². The molecule has 1 aliphatic rings. The summed E-state index contributed by atoms with van der Waals surface area (Å²) in [7, 11) is 2.23. The summed E-state index contributed by atoms with van der Waals surface area (Å²) in [6.07, 6.45) is 4.14. The average molecular weight is 198 g/mol. The Morgan fingerprint density at radius 1 is 1.36 bits per heavy atom. The molecule has 2 N–H and O–H groups in total. The minimum atomic E-state index is 0.521. The van der Waals surface area contributed by atoms with Crippen LogP contribution in [0.2, 0.25) is 0 Å². The zero-order chi connectivity index (χ0) is 10.7. The Labute approximate surface area is 88.8 Å². The van der Waals surface area contributed by atoms with Crippen LogP contribution in [0.4, 0.5) is 0 Å². The van der Waals surface area contributed by atoms with E-state index in [0.29, 0.717) is 6.04 Å². The normalized spacial score (nSPS) is 36.0. The van der Waals surface area contributed by atoms with Crippen molar-refractivity contribution in [1.29, 1.82) is 0 Å². The van der Waals surface area contributed by atoms with Crippen molar-refractivity contribution < 1.29 is 0 Å². The summed E-state index contributed by atoms with van der Waals surface area (Å²) in [5.74, 6) is 1.73. The molecule has 1 fully saturated rings. The lowest BCUT2D eigenvalue weighted by atomic mass is 9.79. The Morgan fingerprint density at radius 2 is 2.00 bits per heavy atom. The van der Waals surface area contributed by atoms with Crippen LogP contribution in [-0.4, -0.2) is 30.6 Å². The highest BCUT2D eigenvalue weighted by Crippen LogP contribution is 2.31. The third kappa shape index (κ3) is 2.71. The van der Waals surface area contributed by atoms with Gasteiger partial charge in [-0.2, -0.15) is 0 Å². The van der Waals surface area contributed by atoms with Crippen LogP contribution in [0, 0.1) is 11.8 Å². The summed E-state index contributed by atoms with van der Waals surface area (Å²) in [5.41, 5.74) is 5.72. The zero-order valence-corrected chi connectivity index (χ0v) is 10.2. The summed E-state index contributed by atoms with van der Waals surface area (Å²) in [6.45, 7) is 7.76. The van der Waals surface area contributed by atoms with Crippen LogP contribution >= 0.6 is 0 Å². The van der Waals surface area contributed by atoms with Gasteiger partial charge in [-0.1, -0.05) is 20.3 Å². The molecule has 0 aromatic heterocycles. The van der Waals surface area contributed by atoms with Crippen molar-refractivity contribution in [3.8, 4) is 0 Å². The van der Waals surface area contributed by atoms with Crippen LogP contribution in [0.25, 0.3) is 0 Å². The predicted octanol–water partition coefficient (Wildman–Crippen LogP) is 2.09. The molecule has 1 aliphatic carbocycles. The van der Waals surface area contributed by atoms with Gasteiger partial charge in [0, 0.05) is 18.6 Å². The SMILES string of the molecule is CC1CCC(C)C(N(C)C(C)CN)C1. The molecule has 0 heterocycles. The number of nitrogens with two attached hydrogens (primary N) is 1. The van der Waals surface area contributed by atoms with Gasteiger partial charge in [0.05, 0.1) is 0 Å². The fraction of sp³-hybridized carbons (Fsp3) is 1.00. The number of hydrogen-bond donors (Lipinski definition) is 1. The molecule has 0 aromatic rings. The van der Waals surface area contributed by atoms with Crippen LogP contribution in [0.5, 0.6) is 0 Å². The molecule has 0 amide bonds. The quantitative estimate of drug-likeness (QED) is 0.752. The molecule has 0 spiro atoms. The first-order valence-electron chi connectivity index (χ1n) is 5.98. The van der Waals surface area contributed by atoms with Gasteiger partial charge in [0.1, 0.15) is 0 Å². The van der Waals surface area contributed by atoms with Gasteiger partial charge in [-0.05, 0) is 38.6 Å². The maximum Gasteiger partial charge on any atom is 0.0190 e. The number of nitrogens with zero attached hydrogens (tertiary/aromatic N) is 1. The van der Waals surface area contributed by atoms with Gasteiger partial charge < -0.3 is 5.73 Å². The average Bonchev–Trinajstić information content (AvgIpc) is 2.19. The molecule has 0 radical (unpaired) electrons. The van der Waals surface area contributed by atoms with Gasteiger partial charge in [0.25, 0.3) is 0 Å². The highest BCUT2D eigenvalue weighted by atomic mass is 15.2. The van der Waals surface area contributed by atoms with E-state index in [-0.39, 0.29) is 0 Å². The highest BCUT2D eigenvalue weighted by Gasteiger charge is 2.29. The molecule has 4 unspecified atom stereocenters. The lowest BCUT2D eigenvalue weighted by Gasteiger charge is -2.41. The second kappa shape index (κ2) is 5.13. The van der Waals surface area contributed by atoms with Gasteiger partial charge in [0.2, 0.25) is 0 Å². The fourth-order valence-corrected chi connectivity index (χ4v) is 2.56. The lowest BCUT2D eigenvalue weighted by molar-refractivity contribution is 0.0862. The molecule has 84 valence electrons. The van der Waals surface area contributed by atoms with E-state index >= 15 is 0 Å². The van der Waals surface area contributed by atoms with Crippen molar-refractivity contribution in [3.05, 3.63) is 0 Å². The summed E-state index contributed by atoms with van der Waals surface area (Å²) < 4.78 is 0. The first-order chi connectivity index (χ1) is 6.56. The first-order valence-corrected chi connectivity index (χ1v) is 5.98. The molecule has 1 rings (SSSR count). The molecule has 0 saturated heterocycles. The minimum Gasteiger partial charge on any atom is -0.329 e. The van der Waals surface area contributed by atoms with E-state index < -0.39 is 0 Å². The number of hydrogen-bond acceptors (Lipinski definition) is 2. The van der Waals surface area contributed by atoms with Crippen LogP contribution in [0.15, 0.2) is 0 Å². The molecule has 2 nitrogen and oxygen atoms in total. The van der Waals surface area contributed by atoms with Gasteiger partial charge in [0.15, 0.2) is 0 Å². The number of rotatable bonds is 3. The number of likely N-dealkylation sites (N-methyl/N-ethyl adjacent to an activating group) is 1. The summed E-state index contributed by atoms with van der Waals surface area (Å²) in [6, 6.07) is 1.27. The van der Waals surface area contributed by atoms with E-state index in [0.717, 1.165) is 24.4 Å². The maximum absolute atomic E-state index is 5.72. The van der Waals surface area contributed by atoms with E-state index in [2.05, 4.69) is 32.7 Å². The van der Waals surface area contributed by atoms with Crippen molar-refractivity contribution >= 4 is 0 Å². The van der Waals surface area contributed by atoms with Gasteiger partial charge in [-0.25, -0.2) is 0 Å². The summed E-state index contributed by atoms with van der Waals surface area (Å²) in [5, 5.41) is 0. The van der Waals surface area contributed by atoms with Gasteiger partial charge in [-0.15, -0.1) is 0 Å². The summed E-state index contributed by atoms with van der Waals surface area (Å²) in [4.78, 5) is 2.49. The van der Waals surface area contributed by atoms with E-state index in [9.17, 15) is 0 Å². The Bertz CT molecular complexity index is 170. The molecule has 0 aliphatic heterocycles. The minimum absolute atomic E-state index is 0.521. The maximum atomic E-state index is 5.72. The van der Waals surface area contributed by atoms with Crippen molar-refractivity contribution in [2.24, 2.45) is 17.6 Å². The van der Waals surface area contributed by atoms with Crippen molar-refractivity contribution in [2.45, 2.75) is 52.1 Å². The topological polar surface area (TPSA) is 29.3 Å². The predicted molar refractivity (Wildman–Crippen MR) is 62.2 cm³/mol. The van der Waals surface area contributed by atoms with Crippen LogP contribution in [-0.2, 0) is 0 Å². The van der Waals surface area contributed by atoms with Crippen molar-refractivity contribution in [1.82, 2.24) is 4.90 Å². The molecule has 14 heavy (non-hydrogen) atoms. The summed E-state index contributed by atoms with van der Waals surface area (Å²) >= 11 is 0. The molecule has 0 bridgehead atoms. The Morgan fingerprint density at radius 3 is 2.57 bits per heavy atom. The van der Waals surface area contributed by atoms with Crippen LogP contribution in [0.3, 0.4) is 0 Å². The van der Waals surface area contributed by atoms with Crippen molar-refractivity contribution in [2.75, 3.05) is 13.6 Å². The van der Waals surface area contributed by atoms with Gasteiger partial charge in [-0.3, -0.25) is 4.90 Å². The molecular formula is C12H26N2. The largest absolute Gasteiger partial charge is 0.329 e. The Hall–Kier alpha value is -0.0800. The van der Waals surface area contributed by atoms with Crippen LogP contribution < -0.4 is 5.73 Å². The van der Waals surface area contributed by atoms with E-state index in [1.165, 1.54) is 19.3 Å². The van der Waals surface area contributed by atoms with Gasteiger partial charge >= 0.3 is 0 Å². The first kappa shape index (κ1) is 12.0. The zero-order valence-electron chi connectivity index (χ0n) is 10.2. The third-order valence-electron chi connectivity index (χ3n) is 3.98. The molecule has 0 aromatic carbocycles.